The van der Waals surface area contributed by atoms with Crippen LogP contribution in [-0.4, -0.2) is 17.5 Å². The number of ether oxygens (including phenoxy) is 2. The van der Waals surface area contributed by atoms with Gasteiger partial charge in [0, 0.05) is 11.8 Å². The molecule has 0 saturated carbocycles. The fraction of sp³-hybridized carbons (Fsp3) is 0.200. The predicted molar refractivity (Wildman–Crippen MR) is 77.6 cm³/mol. The van der Waals surface area contributed by atoms with Crippen LogP contribution in [0.15, 0.2) is 41.6 Å². The van der Waals surface area contributed by atoms with Crippen LogP contribution < -0.4 is 14.9 Å². The largest absolute Gasteiger partial charge is 0.454 e. The number of alkyl halides is 3. The second-order valence-electron chi connectivity index (χ2n) is 4.81. The summed E-state index contributed by atoms with van der Waals surface area (Å²) < 4.78 is 47.9. The van der Waals surface area contributed by atoms with Crippen LogP contribution in [0.3, 0.4) is 0 Å². The van der Waals surface area contributed by atoms with Crippen LogP contribution in [0.1, 0.15) is 18.1 Å². The van der Waals surface area contributed by atoms with Crippen LogP contribution in [0.2, 0.25) is 0 Å². The number of anilines is 1. The number of fused-ring (bicyclic) bond motifs is 1. The second kappa shape index (κ2) is 5.79. The molecule has 1 aromatic carbocycles. The third kappa shape index (κ3) is 3.36. The van der Waals surface area contributed by atoms with E-state index in [-0.39, 0.29) is 12.6 Å². The van der Waals surface area contributed by atoms with Gasteiger partial charge in [-0.05, 0) is 37.3 Å². The summed E-state index contributed by atoms with van der Waals surface area (Å²) in [5, 5.41) is 4.11. The highest BCUT2D eigenvalue weighted by Crippen LogP contribution is 2.32. The summed E-state index contributed by atoms with van der Waals surface area (Å²) in [7, 11) is 0. The van der Waals surface area contributed by atoms with E-state index in [2.05, 4.69) is 15.5 Å². The van der Waals surface area contributed by atoms with Gasteiger partial charge in [-0.1, -0.05) is 0 Å². The maximum absolute atomic E-state index is 12.5. The van der Waals surface area contributed by atoms with E-state index in [0.717, 1.165) is 17.8 Å². The lowest BCUT2D eigenvalue weighted by atomic mass is 10.1. The Morgan fingerprint density at radius 1 is 1.17 bits per heavy atom. The Morgan fingerprint density at radius 3 is 2.65 bits per heavy atom. The molecular formula is C15H12F3N3O2. The van der Waals surface area contributed by atoms with Gasteiger partial charge in [-0.2, -0.15) is 18.3 Å². The molecule has 1 aromatic heterocycles. The van der Waals surface area contributed by atoms with Crippen molar-refractivity contribution in [3.8, 4) is 11.5 Å². The van der Waals surface area contributed by atoms with E-state index in [1.807, 2.05) is 6.07 Å². The Hall–Kier alpha value is -2.77. The van der Waals surface area contributed by atoms with Crippen molar-refractivity contribution in [1.82, 2.24) is 4.98 Å². The summed E-state index contributed by atoms with van der Waals surface area (Å²) in [6, 6.07) is 7.53. The fourth-order valence-corrected chi connectivity index (χ4v) is 1.95. The van der Waals surface area contributed by atoms with Crippen molar-refractivity contribution in [3.63, 3.8) is 0 Å². The summed E-state index contributed by atoms with van der Waals surface area (Å²) in [6.45, 7) is 1.94. The molecule has 0 saturated heterocycles. The molecule has 1 aliphatic rings. The Balaban J connectivity index is 1.72. The molecule has 1 aliphatic heterocycles. The standard InChI is InChI=1S/C15H12F3N3O2/c1-9(10-2-4-12-13(6-10)23-8-22-12)20-21-14-5-3-11(7-19-14)15(16,17)18/h2-7H,8H2,1H3,(H,19,21)/b20-9+. The Bertz CT molecular complexity index is 743. The van der Waals surface area contributed by atoms with Gasteiger partial charge in [0.25, 0.3) is 0 Å². The summed E-state index contributed by atoms with van der Waals surface area (Å²) in [6.07, 6.45) is -3.65. The van der Waals surface area contributed by atoms with E-state index < -0.39 is 11.7 Å². The number of aromatic nitrogens is 1. The number of rotatable bonds is 3. The molecule has 0 spiro atoms. The first-order valence-corrected chi connectivity index (χ1v) is 6.67. The average molecular weight is 323 g/mol. The first kappa shape index (κ1) is 15.1. The maximum Gasteiger partial charge on any atom is 0.417 e. The van der Waals surface area contributed by atoms with Crippen molar-refractivity contribution >= 4 is 11.5 Å². The number of nitrogens with zero attached hydrogens (tertiary/aromatic N) is 2. The molecule has 3 rings (SSSR count). The Kier molecular flexibility index (Phi) is 3.81. The lowest BCUT2D eigenvalue weighted by Crippen LogP contribution is -2.06. The van der Waals surface area contributed by atoms with Crippen LogP contribution in [0.25, 0.3) is 0 Å². The molecule has 0 atom stereocenters. The third-order valence-corrected chi connectivity index (χ3v) is 3.22. The molecule has 0 fully saturated rings. The van der Waals surface area contributed by atoms with E-state index in [0.29, 0.717) is 17.2 Å². The molecule has 0 bridgehead atoms. The lowest BCUT2D eigenvalue weighted by molar-refractivity contribution is -0.137. The van der Waals surface area contributed by atoms with E-state index in [9.17, 15) is 13.2 Å². The second-order valence-corrected chi connectivity index (χ2v) is 4.81. The zero-order valence-corrected chi connectivity index (χ0v) is 12.0. The molecule has 0 unspecified atom stereocenters. The van der Waals surface area contributed by atoms with Crippen molar-refractivity contribution in [2.45, 2.75) is 13.1 Å². The minimum Gasteiger partial charge on any atom is -0.454 e. The van der Waals surface area contributed by atoms with Gasteiger partial charge in [0.1, 0.15) is 5.82 Å². The van der Waals surface area contributed by atoms with Gasteiger partial charge in [-0.25, -0.2) is 4.98 Å². The van der Waals surface area contributed by atoms with Gasteiger partial charge in [0.2, 0.25) is 6.79 Å². The number of pyridine rings is 1. The molecule has 2 aromatic rings. The number of hydrogen-bond acceptors (Lipinski definition) is 5. The van der Waals surface area contributed by atoms with Crippen LogP contribution in [0.4, 0.5) is 19.0 Å². The van der Waals surface area contributed by atoms with Gasteiger partial charge in [-0.3, -0.25) is 5.43 Å². The summed E-state index contributed by atoms with van der Waals surface area (Å²) in [5.74, 6) is 1.52. The molecule has 0 aliphatic carbocycles. The molecule has 8 heteroatoms. The first-order chi connectivity index (χ1) is 10.9. The molecular weight excluding hydrogens is 311 g/mol. The zero-order valence-electron chi connectivity index (χ0n) is 12.0. The van der Waals surface area contributed by atoms with E-state index in [1.165, 1.54) is 6.07 Å². The molecule has 23 heavy (non-hydrogen) atoms. The Morgan fingerprint density at radius 2 is 1.96 bits per heavy atom. The van der Waals surface area contributed by atoms with Gasteiger partial charge in [0.15, 0.2) is 11.5 Å². The molecule has 2 heterocycles. The van der Waals surface area contributed by atoms with E-state index >= 15 is 0 Å². The average Bonchev–Trinajstić information content (AvgIpc) is 2.99. The SMILES string of the molecule is C/C(=N\Nc1ccc(C(F)(F)F)cn1)c1ccc2c(c1)OCO2. The number of hydrazone groups is 1. The first-order valence-electron chi connectivity index (χ1n) is 6.67. The van der Waals surface area contributed by atoms with E-state index in [1.54, 1.807) is 19.1 Å². The molecule has 0 amide bonds. The van der Waals surface area contributed by atoms with Gasteiger partial charge in [-0.15, -0.1) is 0 Å². The fourth-order valence-electron chi connectivity index (χ4n) is 1.95. The van der Waals surface area contributed by atoms with Crippen LogP contribution in [0.5, 0.6) is 11.5 Å². The number of halogens is 3. The zero-order chi connectivity index (χ0) is 16.4. The van der Waals surface area contributed by atoms with Crippen molar-refractivity contribution in [2.75, 3.05) is 12.2 Å². The predicted octanol–water partition coefficient (Wildman–Crippen LogP) is 3.67. The third-order valence-electron chi connectivity index (χ3n) is 3.22. The highest BCUT2D eigenvalue weighted by atomic mass is 19.4. The Labute approximate surface area is 129 Å². The van der Waals surface area contributed by atoms with E-state index in [4.69, 9.17) is 9.47 Å². The highest BCUT2D eigenvalue weighted by molar-refractivity contribution is 5.99. The van der Waals surface area contributed by atoms with Crippen molar-refractivity contribution in [2.24, 2.45) is 5.10 Å². The van der Waals surface area contributed by atoms with Crippen molar-refractivity contribution in [1.29, 1.82) is 0 Å². The number of hydrogen-bond donors (Lipinski definition) is 1. The smallest absolute Gasteiger partial charge is 0.417 e. The van der Waals surface area contributed by atoms with Crippen LogP contribution >= 0.6 is 0 Å². The van der Waals surface area contributed by atoms with Crippen molar-refractivity contribution < 1.29 is 22.6 Å². The monoisotopic (exact) mass is 323 g/mol. The maximum atomic E-state index is 12.5. The van der Waals surface area contributed by atoms with Gasteiger partial charge >= 0.3 is 6.18 Å². The quantitative estimate of drug-likeness (QED) is 0.692. The minimum absolute atomic E-state index is 0.183. The summed E-state index contributed by atoms with van der Waals surface area (Å²) in [5.41, 5.74) is 3.25. The molecule has 1 N–H and O–H groups in total. The normalized spacial score (nSPS) is 14.0. The highest BCUT2D eigenvalue weighted by Gasteiger charge is 2.30. The lowest BCUT2D eigenvalue weighted by Gasteiger charge is -2.07. The van der Waals surface area contributed by atoms with Crippen LogP contribution in [0, 0.1) is 0 Å². The molecule has 0 radical (unpaired) electrons. The molecule has 5 nitrogen and oxygen atoms in total. The summed E-state index contributed by atoms with van der Waals surface area (Å²) >= 11 is 0. The topological polar surface area (TPSA) is 55.7 Å². The van der Waals surface area contributed by atoms with Crippen LogP contribution in [-0.2, 0) is 6.18 Å². The number of benzene rings is 1. The number of nitrogens with one attached hydrogen (secondary N) is 1. The van der Waals surface area contributed by atoms with Gasteiger partial charge < -0.3 is 9.47 Å². The van der Waals surface area contributed by atoms with Crippen molar-refractivity contribution in [3.05, 3.63) is 47.7 Å². The van der Waals surface area contributed by atoms with Gasteiger partial charge in [0.05, 0.1) is 11.3 Å². The minimum atomic E-state index is -4.41. The molecule has 120 valence electrons. The summed E-state index contributed by atoms with van der Waals surface area (Å²) in [4.78, 5) is 3.69.